The smallest absolute Gasteiger partial charge is 0.136 e. The molecule has 2 aromatic heterocycles. The van der Waals surface area contributed by atoms with E-state index in [0.29, 0.717) is 18.6 Å². The molecule has 2 aromatic rings. The Morgan fingerprint density at radius 3 is 3.25 bits per heavy atom. The van der Waals surface area contributed by atoms with Crippen molar-refractivity contribution in [1.82, 2.24) is 15.3 Å². The molecule has 0 saturated carbocycles. The average molecular weight is 215 g/mol. The molecule has 1 fully saturated rings. The quantitative estimate of drug-likeness (QED) is 0.759. The van der Waals surface area contributed by atoms with E-state index in [0.717, 1.165) is 23.1 Å². The number of piperidine rings is 1. The molecule has 3 heterocycles. The molecule has 1 aliphatic heterocycles. The van der Waals surface area contributed by atoms with Crippen LogP contribution in [0.5, 0.6) is 0 Å². The fraction of sp³-hybridized carbons (Fsp3) is 0.333. The zero-order chi connectivity index (χ0) is 11.0. The van der Waals surface area contributed by atoms with Gasteiger partial charge in [0, 0.05) is 31.0 Å². The van der Waals surface area contributed by atoms with E-state index < -0.39 is 0 Å². The summed E-state index contributed by atoms with van der Waals surface area (Å²) in [7, 11) is 0. The summed E-state index contributed by atoms with van der Waals surface area (Å²) in [6.07, 6.45) is 4.92. The minimum Gasteiger partial charge on any atom is -0.360 e. The van der Waals surface area contributed by atoms with Crippen LogP contribution in [-0.2, 0) is 4.79 Å². The van der Waals surface area contributed by atoms with Gasteiger partial charge in [-0.05, 0) is 12.1 Å². The Labute approximate surface area is 93.1 Å². The fourth-order valence-electron chi connectivity index (χ4n) is 2.16. The molecule has 2 N–H and O–H groups in total. The van der Waals surface area contributed by atoms with Gasteiger partial charge in [-0.25, -0.2) is 0 Å². The van der Waals surface area contributed by atoms with Gasteiger partial charge in [-0.1, -0.05) is 0 Å². The second kappa shape index (κ2) is 3.72. The van der Waals surface area contributed by atoms with Crippen LogP contribution < -0.4 is 5.32 Å². The first-order valence-electron chi connectivity index (χ1n) is 5.51. The molecule has 4 heteroatoms. The predicted octanol–water partition coefficient (Wildman–Crippen LogP) is 1.56. The Balaban J connectivity index is 1.95. The normalized spacial score (nSPS) is 21.5. The van der Waals surface area contributed by atoms with Gasteiger partial charge < -0.3 is 10.3 Å². The number of aromatic amines is 1. The van der Waals surface area contributed by atoms with Gasteiger partial charge in [-0.2, -0.15) is 0 Å². The van der Waals surface area contributed by atoms with E-state index in [1.165, 1.54) is 0 Å². The highest BCUT2D eigenvalue weighted by Crippen LogP contribution is 2.22. The van der Waals surface area contributed by atoms with Crippen molar-refractivity contribution in [1.29, 1.82) is 0 Å². The van der Waals surface area contributed by atoms with Crippen molar-refractivity contribution < 1.29 is 4.79 Å². The van der Waals surface area contributed by atoms with Crippen molar-refractivity contribution in [3.8, 4) is 0 Å². The highest BCUT2D eigenvalue weighted by atomic mass is 16.1. The summed E-state index contributed by atoms with van der Waals surface area (Å²) in [4.78, 5) is 18.9. The second-order valence-electron chi connectivity index (χ2n) is 4.17. The first-order chi connectivity index (χ1) is 7.83. The minimum atomic E-state index is 0.0838. The van der Waals surface area contributed by atoms with Gasteiger partial charge in [-0.3, -0.25) is 9.78 Å². The lowest BCUT2D eigenvalue weighted by atomic mass is 10.00. The third-order valence-corrected chi connectivity index (χ3v) is 3.04. The number of nitrogens with one attached hydrogen (secondary N) is 2. The minimum absolute atomic E-state index is 0.0838. The van der Waals surface area contributed by atoms with E-state index in [-0.39, 0.29) is 6.04 Å². The lowest BCUT2D eigenvalue weighted by Gasteiger charge is -2.22. The number of pyridine rings is 1. The Morgan fingerprint density at radius 2 is 2.38 bits per heavy atom. The molecule has 0 amide bonds. The molecule has 0 spiro atoms. The van der Waals surface area contributed by atoms with Crippen molar-refractivity contribution in [3.63, 3.8) is 0 Å². The van der Waals surface area contributed by atoms with Gasteiger partial charge in [0.2, 0.25) is 0 Å². The number of Topliss-reactive ketones (excluding diaryl/α,β-unsaturated/α-hetero) is 1. The zero-order valence-electron chi connectivity index (χ0n) is 8.86. The van der Waals surface area contributed by atoms with Crippen LogP contribution >= 0.6 is 0 Å². The Bertz CT molecular complexity index is 532. The summed E-state index contributed by atoms with van der Waals surface area (Å²) < 4.78 is 0. The second-order valence-corrected chi connectivity index (χ2v) is 4.17. The van der Waals surface area contributed by atoms with Crippen molar-refractivity contribution in [2.45, 2.75) is 18.9 Å². The lowest BCUT2D eigenvalue weighted by Crippen LogP contribution is -2.32. The highest BCUT2D eigenvalue weighted by molar-refractivity contribution is 5.81. The number of rotatable bonds is 1. The average Bonchev–Trinajstić information content (AvgIpc) is 2.75. The SMILES string of the molecule is O=C1CCN[C@@H](c2cc3cc[nH]c3cn2)C1. The number of hydrogen-bond acceptors (Lipinski definition) is 3. The Hall–Kier alpha value is -1.68. The molecule has 0 bridgehead atoms. The van der Waals surface area contributed by atoms with Crippen LogP contribution in [0.1, 0.15) is 24.6 Å². The highest BCUT2D eigenvalue weighted by Gasteiger charge is 2.21. The van der Waals surface area contributed by atoms with Gasteiger partial charge in [0.1, 0.15) is 5.78 Å². The van der Waals surface area contributed by atoms with Gasteiger partial charge in [0.15, 0.2) is 0 Å². The number of hydrogen-bond donors (Lipinski definition) is 2. The van der Waals surface area contributed by atoms with Crippen molar-refractivity contribution in [2.24, 2.45) is 0 Å². The molecule has 0 radical (unpaired) electrons. The number of carbonyl (C=O) groups excluding carboxylic acids is 1. The van der Waals surface area contributed by atoms with Crippen molar-refractivity contribution >= 4 is 16.7 Å². The monoisotopic (exact) mass is 215 g/mol. The molecular formula is C12H13N3O. The van der Waals surface area contributed by atoms with E-state index in [4.69, 9.17) is 0 Å². The number of fused-ring (bicyclic) bond motifs is 1. The standard InChI is InChI=1S/C12H13N3O/c16-9-2-4-13-11(6-9)10-5-8-1-3-14-12(8)7-15-10/h1,3,5,7,11,13-14H,2,4,6H2/t11-/m1/s1. The summed E-state index contributed by atoms with van der Waals surface area (Å²) in [6.45, 7) is 0.760. The van der Waals surface area contributed by atoms with Crippen LogP contribution in [0.4, 0.5) is 0 Å². The number of H-pyrrole nitrogens is 1. The van der Waals surface area contributed by atoms with Gasteiger partial charge in [-0.15, -0.1) is 0 Å². The maximum Gasteiger partial charge on any atom is 0.136 e. The van der Waals surface area contributed by atoms with E-state index in [2.05, 4.69) is 15.3 Å². The molecule has 0 aromatic carbocycles. The van der Waals surface area contributed by atoms with Crippen LogP contribution in [0.2, 0.25) is 0 Å². The Kier molecular flexibility index (Phi) is 2.22. The van der Waals surface area contributed by atoms with E-state index in [1.54, 1.807) is 0 Å². The van der Waals surface area contributed by atoms with Crippen LogP contribution in [0.25, 0.3) is 10.9 Å². The molecule has 82 valence electrons. The maximum atomic E-state index is 11.4. The molecule has 16 heavy (non-hydrogen) atoms. The topological polar surface area (TPSA) is 57.8 Å². The summed E-state index contributed by atoms with van der Waals surface area (Å²) in [6, 6.07) is 4.15. The number of carbonyl (C=O) groups is 1. The summed E-state index contributed by atoms with van der Waals surface area (Å²) in [5.41, 5.74) is 1.99. The number of nitrogens with zero attached hydrogens (tertiary/aromatic N) is 1. The molecule has 1 saturated heterocycles. The maximum absolute atomic E-state index is 11.4. The molecule has 4 nitrogen and oxygen atoms in total. The molecule has 0 unspecified atom stereocenters. The molecular weight excluding hydrogens is 202 g/mol. The zero-order valence-corrected chi connectivity index (χ0v) is 8.86. The third-order valence-electron chi connectivity index (χ3n) is 3.04. The van der Waals surface area contributed by atoms with E-state index >= 15 is 0 Å². The summed E-state index contributed by atoms with van der Waals surface area (Å²) in [5, 5.41) is 4.47. The van der Waals surface area contributed by atoms with E-state index in [1.807, 2.05) is 24.5 Å². The number of ketones is 1. The van der Waals surface area contributed by atoms with Crippen molar-refractivity contribution in [3.05, 3.63) is 30.2 Å². The predicted molar refractivity (Wildman–Crippen MR) is 61.1 cm³/mol. The molecule has 1 aliphatic rings. The van der Waals surface area contributed by atoms with E-state index in [9.17, 15) is 4.79 Å². The van der Waals surface area contributed by atoms with Crippen LogP contribution in [-0.4, -0.2) is 22.3 Å². The summed E-state index contributed by atoms with van der Waals surface area (Å²) in [5.74, 6) is 0.319. The van der Waals surface area contributed by atoms with Crippen LogP contribution in [0, 0.1) is 0 Å². The summed E-state index contributed by atoms with van der Waals surface area (Å²) >= 11 is 0. The molecule has 0 aliphatic carbocycles. The number of aromatic nitrogens is 2. The third kappa shape index (κ3) is 1.61. The largest absolute Gasteiger partial charge is 0.360 e. The lowest BCUT2D eigenvalue weighted by molar-refractivity contribution is -0.120. The Morgan fingerprint density at radius 1 is 1.44 bits per heavy atom. The fourth-order valence-corrected chi connectivity index (χ4v) is 2.16. The van der Waals surface area contributed by atoms with Gasteiger partial charge in [0.05, 0.1) is 23.4 Å². The van der Waals surface area contributed by atoms with Crippen LogP contribution in [0.3, 0.4) is 0 Å². The van der Waals surface area contributed by atoms with Crippen LogP contribution in [0.15, 0.2) is 24.5 Å². The first kappa shape index (κ1) is 9.54. The van der Waals surface area contributed by atoms with Gasteiger partial charge in [0.25, 0.3) is 0 Å². The van der Waals surface area contributed by atoms with Crippen molar-refractivity contribution in [2.75, 3.05) is 6.54 Å². The molecule has 1 atom stereocenters. The molecule has 3 rings (SSSR count). The first-order valence-corrected chi connectivity index (χ1v) is 5.51. The van der Waals surface area contributed by atoms with Gasteiger partial charge >= 0.3 is 0 Å².